The molecule has 66 valence electrons. The van der Waals surface area contributed by atoms with E-state index in [1.807, 2.05) is 0 Å². The monoisotopic (exact) mass is 170 g/mol. The molecule has 4 heteroatoms. The van der Waals surface area contributed by atoms with Gasteiger partial charge in [0.15, 0.2) is 0 Å². The summed E-state index contributed by atoms with van der Waals surface area (Å²) in [5, 5.41) is 0. The van der Waals surface area contributed by atoms with Crippen molar-refractivity contribution in [1.29, 1.82) is 0 Å². The topological polar surface area (TPSA) is 48.1 Å². The van der Waals surface area contributed by atoms with Crippen LogP contribution in [-0.2, 0) is 4.74 Å². The van der Waals surface area contributed by atoms with Crippen molar-refractivity contribution in [2.45, 2.75) is 6.04 Å². The van der Waals surface area contributed by atoms with Gasteiger partial charge < -0.3 is 10.5 Å². The molecule has 0 radical (unpaired) electrons. The zero-order valence-corrected chi connectivity index (χ0v) is 6.83. The molecule has 0 aliphatic rings. The number of rotatable bonds is 3. The molecule has 2 N–H and O–H groups in total. The molecule has 1 rings (SSSR count). The Balaban J connectivity index is 2.73. The van der Waals surface area contributed by atoms with Gasteiger partial charge in [0.2, 0.25) is 5.95 Å². The Morgan fingerprint density at radius 2 is 2.50 bits per heavy atom. The summed E-state index contributed by atoms with van der Waals surface area (Å²) in [7, 11) is 1.55. The fourth-order valence-electron chi connectivity index (χ4n) is 0.924. The Bertz CT molecular complexity index is 255. The summed E-state index contributed by atoms with van der Waals surface area (Å²) < 4.78 is 17.4. The van der Waals surface area contributed by atoms with Gasteiger partial charge in [-0.1, -0.05) is 0 Å². The van der Waals surface area contributed by atoms with Gasteiger partial charge in [-0.15, -0.1) is 0 Å². The standard InChI is InChI=1S/C8H11FN2O/c1-12-5-7(10)6-2-3-11-8(9)4-6/h2-4,7H,5,10H2,1H3. The Labute approximate surface area is 70.4 Å². The first kappa shape index (κ1) is 9.09. The summed E-state index contributed by atoms with van der Waals surface area (Å²) in [6.45, 7) is 0.378. The maximum atomic E-state index is 12.6. The summed E-state index contributed by atoms with van der Waals surface area (Å²) in [4.78, 5) is 3.42. The second-order valence-electron chi connectivity index (χ2n) is 2.47. The highest BCUT2D eigenvalue weighted by atomic mass is 19.1. The van der Waals surface area contributed by atoms with E-state index in [1.165, 1.54) is 12.3 Å². The molecule has 0 fully saturated rings. The fourth-order valence-corrected chi connectivity index (χ4v) is 0.924. The first-order valence-electron chi connectivity index (χ1n) is 3.60. The quantitative estimate of drug-likeness (QED) is 0.684. The van der Waals surface area contributed by atoms with Gasteiger partial charge in [0.25, 0.3) is 0 Å². The summed E-state index contributed by atoms with van der Waals surface area (Å²) in [5.74, 6) is -0.515. The maximum absolute atomic E-state index is 12.6. The predicted octanol–water partition coefficient (Wildman–Crippen LogP) is 0.867. The lowest BCUT2D eigenvalue weighted by molar-refractivity contribution is 0.180. The van der Waals surface area contributed by atoms with Crippen molar-refractivity contribution >= 4 is 0 Å². The van der Waals surface area contributed by atoms with Crippen molar-refractivity contribution in [3.8, 4) is 0 Å². The van der Waals surface area contributed by atoms with Crippen molar-refractivity contribution in [1.82, 2.24) is 4.98 Å². The number of nitrogens with zero attached hydrogens (tertiary/aromatic N) is 1. The maximum Gasteiger partial charge on any atom is 0.213 e. The van der Waals surface area contributed by atoms with Crippen molar-refractivity contribution in [2.24, 2.45) is 5.73 Å². The third-order valence-corrected chi connectivity index (χ3v) is 1.53. The van der Waals surface area contributed by atoms with E-state index in [4.69, 9.17) is 10.5 Å². The average Bonchev–Trinajstić information content (AvgIpc) is 2.05. The lowest BCUT2D eigenvalue weighted by Crippen LogP contribution is -2.16. The molecular formula is C8H11FN2O. The van der Waals surface area contributed by atoms with E-state index < -0.39 is 5.95 Å². The van der Waals surface area contributed by atoms with E-state index in [1.54, 1.807) is 13.2 Å². The minimum absolute atomic E-state index is 0.285. The molecule has 1 aromatic rings. The highest BCUT2D eigenvalue weighted by Gasteiger charge is 2.05. The zero-order valence-electron chi connectivity index (χ0n) is 6.83. The minimum atomic E-state index is -0.515. The Morgan fingerprint density at radius 1 is 1.75 bits per heavy atom. The zero-order chi connectivity index (χ0) is 8.97. The molecule has 0 aromatic carbocycles. The van der Waals surface area contributed by atoms with Gasteiger partial charge in [-0.2, -0.15) is 4.39 Å². The molecule has 12 heavy (non-hydrogen) atoms. The molecule has 1 heterocycles. The van der Waals surface area contributed by atoms with Gasteiger partial charge in [-0.05, 0) is 17.7 Å². The Kier molecular flexibility index (Phi) is 3.13. The number of methoxy groups -OCH3 is 1. The SMILES string of the molecule is COCC(N)c1ccnc(F)c1. The number of aromatic nitrogens is 1. The number of ether oxygens (including phenoxy) is 1. The summed E-state index contributed by atoms with van der Waals surface area (Å²) in [5.41, 5.74) is 6.35. The smallest absolute Gasteiger partial charge is 0.213 e. The van der Waals surface area contributed by atoms with Crippen LogP contribution in [0.25, 0.3) is 0 Å². The Hall–Kier alpha value is -1.00. The van der Waals surface area contributed by atoms with Crippen LogP contribution in [0.15, 0.2) is 18.3 Å². The summed E-state index contributed by atoms with van der Waals surface area (Å²) in [6.07, 6.45) is 1.39. The third kappa shape index (κ3) is 2.25. The van der Waals surface area contributed by atoms with Crippen LogP contribution in [0.5, 0.6) is 0 Å². The van der Waals surface area contributed by atoms with Crippen LogP contribution in [0, 0.1) is 5.95 Å². The fraction of sp³-hybridized carbons (Fsp3) is 0.375. The average molecular weight is 170 g/mol. The van der Waals surface area contributed by atoms with E-state index in [0.717, 1.165) is 0 Å². The molecule has 0 amide bonds. The highest BCUT2D eigenvalue weighted by molar-refractivity contribution is 5.15. The number of hydrogen-bond donors (Lipinski definition) is 1. The minimum Gasteiger partial charge on any atom is -0.383 e. The van der Waals surface area contributed by atoms with Crippen LogP contribution in [0.4, 0.5) is 4.39 Å². The predicted molar refractivity (Wildman–Crippen MR) is 43.0 cm³/mol. The van der Waals surface area contributed by atoms with Crippen molar-refractivity contribution in [2.75, 3.05) is 13.7 Å². The van der Waals surface area contributed by atoms with Crippen LogP contribution in [0.2, 0.25) is 0 Å². The number of hydrogen-bond acceptors (Lipinski definition) is 3. The van der Waals surface area contributed by atoms with Gasteiger partial charge >= 0.3 is 0 Å². The molecule has 0 spiro atoms. The number of pyridine rings is 1. The first-order chi connectivity index (χ1) is 5.74. The second-order valence-corrected chi connectivity index (χ2v) is 2.47. The largest absolute Gasteiger partial charge is 0.383 e. The number of nitrogens with two attached hydrogens (primary N) is 1. The molecule has 0 aliphatic carbocycles. The van der Waals surface area contributed by atoms with Crippen LogP contribution in [0.1, 0.15) is 11.6 Å². The summed E-state index contributed by atoms with van der Waals surface area (Å²) in [6, 6.07) is 2.70. The van der Waals surface area contributed by atoms with Crippen molar-refractivity contribution in [3.05, 3.63) is 29.8 Å². The van der Waals surface area contributed by atoms with Crippen LogP contribution in [0.3, 0.4) is 0 Å². The lowest BCUT2D eigenvalue weighted by atomic mass is 10.1. The van der Waals surface area contributed by atoms with Gasteiger partial charge in [-0.3, -0.25) is 0 Å². The molecule has 0 saturated heterocycles. The third-order valence-electron chi connectivity index (χ3n) is 1.53. The Morgan fingerprint density at radius 3 is 3.08 bits per heavy atom. The molecule has 0 bridgehead atoms. The van der Waals surface area contributed by atoms with Crippen LogP contribution in [-0.4, -0.2) is 18.7 Å². The highest BCUT2D eigenvalue weighted by Crippen LogP contribution is 2.09. The number of halogens is 1. The molecule has 3 nitrogen and oxygen atoms in total. The molecule has 1 atom stereocenters. The molecule has 1 aromatic heterocycles. The van der Waals surface area contributed by atoms with Crippen LogP contribution >= 0.6 is 0 Å². The summed E-state index contributed by atoms with van der Waals surface area (Å²) >= 11 is 0. The van der Waals surface area contributed by atoms with Crippen molar-refractivity contribution < 1.29 is 9.13 Å². The van der Waals surface area contributed by atoms with Gasteiger partial charge in [-0.25, -0.2) is 4.98 Å². The van der Waals surface area contributed by atoms with Crippen molar-refractivity contribution in [3.63, 3.8) is 0 Å². The normalized spacial score (nSPS) is 12.9. The van der Waals surface area contributed by atoms with Gasteiger partial charge in [0.1, 0.15) is 0 Å². The van der Waals surface area contributed by atoms with E-state index in [9.17, 15) is 4.39 Å². The van der Waals surface area contributed by atoms with E-state index in [0.29, 0.717) is 12.2 Å². The van der Waals surface area contributed by atoms with E-state index in [2.05, 4.69) is 4.98 Å². The van der Waals surface area contributed by atoms with Crippen LogP contribution < -0.4 is 5.73 Å². The van der Waals surface area contributed by atoms with E-state index >= 15 is 0 Å². The molecule has 1 unspecified atom stereocenters. The van der Waals surface area contributed by atoms with Gasteiger partial charge in [0.05, 0.1) is 12.6 Å². The second kappa shape index (κ2) is 4.13. The van der Waals surface area contributed by atoms with E-state index in [-0.39, 0.29) is 6.04 Å². The first-order valence-corrected chi connectivity index (χ1v) is 3.60. The molecular weight excluding hydrogens is 159 g/mol. The molecule has 0 saturated carbocycles. The lowest BCUT2D eigenvalue weighted by Gasteiger charge is -2.09. The van der Waals surface area contributed by atoms with Gasteiger partial charge in [0, 0.05) is 13.3 Å². The molecule has 0 aliphatic heterocycles.